The van der Waals surface area contributed by atoms with Crippen LogP contribution in [0.25, 0.3) is 11.5 Å². The van der Waals surface area contributed by atoms with Gasteiger partial charge < -0.3 is 18.6 Å². The molecule has 2 heterocycles. The highest BCUT2D eigenvalue weighted by Crippen LogP contribution is 2.21. The monoisotopic (exact) mass is 290 g/mol. The Hall–Kier alpha value is -1.92. The average Bonchev–Trinajstić information content (AvgIpc) is 3.07. The molecule has 1 aromatic carbocycles. The summed E-state index contributed by atoms with van der Waals surface area (Å²) in [5.74, 6) is 1.23. The second-order valence-electron chi connectivity index (χ2n) is 4.79. The Labute approximate surface area is 123 Å². The molecule has 0 bridgehead atoms. The molecule has 1 aliphatic rings. The molecule has 0 N–H and O–H groups in total. The highest BCUT2D eigenvalue weighted by molar-refractivity contribution is 5.55. The summed E-state index contributed by atoms with van der Waals surface area (Å²) in [6.45, 7) is 1.78. The van der Waals surface area contributed by atoms with E-state index < -0.39 is 0 Å². The van der Waals surface area contributed by atoms with Crippen LogP contribution in [0.1, 0.15) is 19.3 Å². The van der Waals surface area contributed by atoms with Crippen LogP contribution in [-0.2, 0) is 9.47 Å². The van der Waals surface area contributed by atoms with Crippen molar-refractivity contribution in [1.82, 2.24) is 10.2 Å². The molecule has 0 radical (unpaired) electrons. The molecule has 21 heavy (non-hydrogen) atoms. The number of nitrogens with zero attached hydrogens (tertiary/aromatic N) is 2. The average molecular weight is 290 g/mol. The fourth-order valence-corrected chi connectivity index (χ4v) is 2.20. The van der Waals surface area contributed by atoms with Crippen LogP contribution in [0.5, 0.6) is 5.75 Å². The minimum atomic E-state index is -0.0768. The fraction of sp³-hybridized carbons (Fsp3) is 0.467. The molecular weight excluding hydrogens is 272 g/mol. The molecule has 1 fully saturated rings. The number of benzene rings is 1. The lowest BCUT2D eigenvalue weighted by Gasteiger charge is -2.22. The Morgan fingerprint density at radius 2 is 2.24 bits per heavy atom. The van der Waals surface area contributed by atoms with Crippen LogP contribution in [0.2, 0.25) is 0 Å². The molecule has 0 saturated carbocycles. The van der Waals surface area contributed by atoms with Crippen LogP contribution in [0, 0.1) is 0 Å². The van der Waals surface area contributed by atoms with Crippen molar-refractivity contribution >= 4 is 0 Å². The van der Waals surface area contributed by atoms with Crippen molar-refractivity contribution < 1.29 is 18.6 Å². The third-order valence-electron chi connectivity index (χ3n) is 3.23. The molecule has 6 heteroatoms. The lowest BCUT2D eigenvalue weighted by molar-refractivity contribution is -0.165. The van der Waals surface area contributed by atoms with E-state index in [-0.39, 0.29) is 6.29 Å². The van der Waals surface area contributed by atoms with E-state index >= 15 is 0 Å². The zero-order valence-corrected chi connectivity index (χ0v) is 11.7. The first kappa shape index (κ1) is 14.0. The molecule has 6 nitrogen and oxygen atoms in total. The molecule has 112 valence electrons. The summed E-state index contributed by atoms with van der Waals surface area (Å²) < 4.78 is 21.9. The van der Waals surface area contributed by atoms with Crippen LogP contribution in [0.3, 0.4) is 0 Å². The molecule has 0 unspecified atom stereocenters. The Bertz CT molecular complexity index is 538. The molecule has 1 atom stereocenters. The zero-order valence-electron chi connectivity index (χ0n) is 11.7. The van der Waals surface area contributed by atoms with E-state index in [1.807, 2.05) is 24.3 Å². The largest absolute Gasteiger partial charge is 0.491 e. The SMILES string of the molecule is c1cc(OCCO[C@H]2CCCCO2)cc(-c2nnco2)c1. The fourth-order valence-electron chi connectivity index (χ4n) is 2.20. The van der Waals surface area contributed by atoms with Crippen molar-refractivity contribution in [3.8, 4) is 17.2 Å². The summed E-state index contributed by atoms with van der Waals surface area (Å²) in [7, 11) is 0. The molecule has 0 amide bonds. The van der Waals surface area contributed by atoms with Gasteiger partial charge in [-0.1, -0.05) is 6.07 Å². The van der Waals surface area contributed by atoms with Crippen LogP contribution < -0.4 is 4.74 Å². The first-order chi connectivity index (χ1) is 10.4. The lowest BCUT2D eigenvalue weighted by atomic mass is 10.2. The smallest absolute Gasteiger partial charge is 0.247 e. The molecule has 1 aromatic heterocycles. The summed E-state index contributed by atoms with van der Waals surface area (Å²) in [6.07, 6.45) is 4.48. The molecule has 2 aromatic rings. The van der Waals surface area contributed by atoms with Gasteiger partial charge in [0.1, 0.15) is 12.4 Å². The number of aromatic nitrogens is 2. The van der Waals surface area contributed by atoms with Crippen molar-refractivity contribution in [1.29, 1.82) is 0 Å². The number of hydrogen-bond acceptors (Lipinski definition) is 6. The van der Waals surface area contributed by atoms with Crippen molar-refractivity contribution in [2.45, 2.75) is 25.6 Å². The van der Waals surface area contributed by atoms with Gasteiger partial charge in [0.15, 0.2) is 6.29 Å². The second-order valence-corrected chi connectivity index (χ2v) is 4.79. The van der Waals surface area contributed by atoms with Gasteiger partial charge in [0.05, 0.1) is 6.61 Å². The molecule has 1 saturated heterocycles. The Balaban J connectivity index is 1.46. The zero-order chi connectivity index (χ0) is 14.3. The summed E-state index contributed by atoms with van der Waals surface area (Å²) in [5.41, 5.74) is 0.835. The van der Waals surface area contributed by atoms with Gasteiger partial charge in [0, 0.05) is 12.2 Å². The third-order valence-corrected chi connectivity index (χ3v) is 3.23. The predicted octanol–water partition coefficient (Wildman–Crippen LogP) is 2.66. The number of ether oxygens (including phenoxy) is 3. The van der Waals surface area contributed by atoms with Crippen LogP contribution in [0.4, 0.5) is 0 Å². The quantitative estimate of drug-likeness (QED) is 0.762. The molecule has 3 rings (SSSR count). The predicted molar refractivity (Wildman–Crippen MR) is 74.8 cm³/mol. The highest BCUT2D eigenvalue weighted by Gasteiger charge is 2.13. The minimum Gasteiger partial charge on any atom is -0.491 e. The molecular formula is C15H18N2O4. The van der Waals surface area contributed by atoms with Crippen molar-refractivity contribution in [2.75, 3.05) is 19.8 Å². The second kappa shape index (κ2) is 7.19. The van der Waals surface area contributed by atoms with Crippen molar-refractivity contribution in [3.05, 3.63) is 30.7 Å². The standard InChI is InChI=1S/C15H18N2O4/c1-2-7-19-14(6-1)20-9-8-18-13-5-3-4-12(10-13)15-17-16-11-21-15/h3-5,10-11,14H,1-2,6-9H2/t14-/m0/s1. The van der Waals surface area contributed by atoms with E-state index in [0.29, 0.717) is 19.1 Å². The number of rotatable bonds is 6. The van der Waals surface area contributed by atoms with E-state index in [1.54, 1.807) is 0 Å². The van der Waals surface area contributed by atoms with Gasteiger partial charge in [0.25, 0.3) is 0 Å². The van der Waals surface area contributed by atoms with E-state index in [0.717, 1.165) is 37.2 Å². The van der Waals surface area contributed by atoms with Crippen molar-refractivity contribution in [2.24, 2.45) is 0 Å². The normalized spacial score (nSPS) is 18.6. The maximum atomic E-state index is 5.67. The Morgan fingerprint density at radius 1 is 1.24 bits per heavy atom. The van der Waals surface area contributed by atoms with E-state index in [2.05, 4.69) is 10.2 Å². The van der Waals surface area contributed by atoms with Gasteiger partial charge in [-0.2, -0.15) is 0 Å². The highest BCUT2D eigenvalue weighted by atomic mass is 16.7. The van der Waals surface area contributed by atoms with Crippen LogP contribution in [0.15, 0.2) is 35.1 Å². The first-order valence-corrected chi connectivity index (χ1v) is 7.14. The van der Waals surface area contributed by atoms with Crippen molar-refractivity contribution in [3.63, 3.8) is 0 Å². The maximum absolute atomic E-state index is 5.67. The van der Waals surface area contributed by atoms with Gasteiger partial charge in [-0.15, -0.1) is 10.2 Å². The van der Waals surface area contributed by atoms with E-state index in [4.69, 9.17) is 18.6 Å². The van der Waals surface area contributed by atoms with E-state index in [1.165, 1.54) is 6.39 Å². The van der Waals surface area contributed by atoms with Gasteiger partial charge in [-0.3, -0.25) is 0 Å². The minimum absolute atomic E-state index is 0.0768. The lowest BCUT2D eigenvalue weighted by Crippen LogP contribution is -2.24. The maximum Gasteiger partial charge on any atom is 0.247 e. The molecule has 0 aliphatic carbocycles. The number of hydrogen-bond donors (Lipinski definition) is 0. The molecule has 1 aliphatic heterocycles. The van der Waals surface area contributed by atoms with Crippen LogP contribution >= 0.6 is 0 Å². The van der Waals surface area contributed by atoms with Gasteiger partial charge in [-0.05, 0) is 37.5 Å². The summed E-state index contributed by atoms with van der Waals surface area (Å²) >= 11 is 0. The van der Waals surface area contributed by atoms with E-state index in [9.17, 15) is 0 Å². The molecule has 0 spiro atoms. The Morgan fingerprint density at radius 3 is 3.05 bits per heavy atom. The third kappa shape index (κ3) is 4.03. The Kier molecular flexibility index (Phi) is 4.81. The first-order valence-electron chi connectivity index (χ1n) is 7.14. The van der Waals surface area contributed by atoms with Gasteiger partial charge in [-0.25, -0.2) is 0 Å². The summed E-state index contributed by atoms with van der Waals surface area (Å²) in [6, 6.07) is 7.54. The summed E-state index contributed by atoms with van der Waals surface area (Å²) in [5, 5.41) is 7.54. The topological polar surface area (TPSA) is 66.6 Å². The van der Waals surface area contributed by atoms with Crippen LogP contribution in [-0.4, -0.2) is 36.3 Å². The summed E-state index contributed by atoms with van der Waals surface area (Å²) in [4.78, 5) is 0. The van der Waals surface area contributed by atoms with Gasteiger partial charge in [0.2, 0.25) is 12.3 Å². The van der Waals surface area contributed by atoms with Gasteiger partial charge >= 0.3 is 0 Å².